The summed E-state index contributed by atoms with van der Waals surface area (Å²) in [4.78, 5) is 13.9. The van der Waals surface area contributed by atoms with Crippen molar-refractivity contribution >= 4 is 40.1 Å². The maximum atomic E-state index is 12.2. The molecule has 2 aromatic heterocycles. The fourth-order valence-electron chi connectivity index (χ4n) is 1.88. The first-order chi connectivity index (χ1) is 7.25. The summed E-state index contributed by atoms with van der Waals surface area (Å²) in [6.45, 7) is 0. The molecular formula is C11H7ClOS2. The standard InChI is InChI=1S/C11H7ClOS2/c12-8-5-7-2-1-6-3-4-14-10(6)9(13)11(7)15-8/h3-5H,1-2H2. The number of thiophene rings is 2. The Morgan fingerprint density at radius 1 is 1.20 bits per heavy atom. The number of hydrogen-bond donors (Lipinski definition) is 0. The van der Waals surface area contributed by atoms with Crippen molar-refractivity contribution in [2.24, 2.45) is 0 Å². The van der Waals surface area contributed by atoms with Gasteiger partial charge in [0.1, 0.15) is 0 Å². The largest absolute Gasteiger partial charge is 0.287 e. The highest BCUT2D eigenvalue weighted by Gasteiger charge is 2.24. The lowest BCUT2D eigenvalue weighted by molar-refractivity contribution is 0.104. The summed E-state index contributed by atoms with van der Waals surface area (Å²) in [5.74, 6) is 0.157. The average Bonchev–Trinajstić information content (AvgIpc) is 2.77. The molecule has 15 heavy (non-hydrogen) atoms. The third-order valence-electron chi connectivity index (χ3n) is 2.60. The fourth-order valence-corrected chi connectivity index (χ4v) is 4.09. The topological polar surface area (TPSA) is 17.1 Å². The predicted octanol–water partition coefficient (Wildman–Crippen LogP) is 3.79. The fraction of sp³-hybridized carbons (Fsp3) is 0.182. The number of fused-ring (bicyclic) bond motifs is 2. The molecule has 4 heteroatoms. The zero-order chi connectivity index (χ0) is 10.4. The predicted molar refractivity (Wildman–Crippen MR) is 64.5 cm³/mol. The SMILES string of the molecule is O=C1c2sccc2CCc2cc(Cl)sc21. The first-order valence-electron chi connectivity index (χ1n) is 4.65. The maximum absolute atomic E-state index is 12.2. The lowest BCUT2D eigenvalue weighted by Gasteiger charge is -1.94. The van der Waals surface area contributed by atoms with Crippen molar-refractivity contribution < 1.29 is 4.79 Å². The first kappa shape index (κ1) is 9.58. The van der Waals surface area contributed by atoms with E-state index in [2.05, 4.69) is 6.07 Å². The molecule has 0 aliphatic heterocycles. The van der Waals surface area contributed by atoms with E-state index in [4.69, 9.17) is 11.6 Å². The van der Waals surface area contributed by atoms with E-state index >= 15 is 0 Å². The summed E-state index contributed by atoms with van der Waals surface area (Å²) in [6.07, 6.45) is 1.87. The zero-order valence-electron chi connectivity index (χ0n) is 7.75. The molecule has 0 saturated heterocycles. The lowest BCUT2D eigenvalue weighted by Crippen LogP contribution is -1.97. The van der Waals surface area contributed by atoms with Crippen LogP contribution in [-0.4, -0.2) is 5.78 Å². The van der Waals surface area contributed by atoms with E-state index in [1.54, 1.807) is 0 Å². The summed E-state index contributed by atoms with van der Waals surface area (Å²) in [5.41, 5.74) is 2.29. The van der Waals surface area contributed by atoms with E-state index in [0.29, 0.717) is 4.34 Å². The zero-order valence-corrected chi connectivity index (χ0v) is 10.1. The molecule has 2 aromatic rings. The van der Waals surface area contributed by atoms with Gasteiger partial charge in [-0.15, -0.1) is 22.7 Å². The van der Waals surface area contributed by atoms with E-state index in [9.17, 15) is 4.79 Å². The number of halogens is 1. The van der Waals surface area contributed by atoms with Crippen LogP contribution >= 0.6 is 34.3 Å². The Morgan fingerprint density at radius 3 is 2.87 bits per heavy atom. The molecule has 1 aliphatic rings. The monoisotopic (exact) mass is 254 g/mol. The molecule has 0 fully saturated rings. The highest BCUT2D eigenvalue weighted by Crippen LogP contribution is 2.34. The summed E-state index contributed by atoms with van der Waals surface area (Å²) in [7, 11) is 0. The normalized spacial score (nSPS) is 14.6. The second-order valence-electron chi connectivity index (χ2n) is 3.51. The van der Waals surface area contributed by atoms with Gasteiger partial charge in [0.15, 0.2) is 0 Å². The quantitative estimate of drug-likeness (QED) is 0.699. The highest BCUT2D eigenvalue weighted by atomic mass is 35.5. The molecule has 0 bridgehead atoms. The van der Waals surface area contributed by atoms with E-state index in [1.807, 2.05) is 11.4 Å². The van der Waals surface area contributed by atoms with Crippen LogP contribution in [0.2, 0.25) is 4.34 Å². The Morgan fingerprint density at radius 2 is 2.00 bits per heavy atom. The van der Waals surface area contributed by atoms with Gasteiger partial charge in [-0.1, -0.05) is 11.6 Å². The maximum Gasteiger partial charge on any atom is 0.213 e. The van der Waals surface area contributed by atoms with Gasteiger partial charge in [-0.2, -0.15) is 0 Å². The van der Waals surface area contributed by atoms with Crippen LogP contribution in [0.1, 0.15) is 25.7 Å². The second kappa shape index (κ2) is 3.44. The Bertz CT molecular complexity index is 539. The van der Waals surface area contributed by atoms with Gasteiger partial charge in [0, 0.05) is 0 Å². The summed E-state index contributed by atoms with van der Waals surface area (Å²) in [6, 6.07) is 3.98. The van der Waals surface area contributed by atoms with Gasteiger partial charge in [0.05, 0.1) is 14.1 Å². The summed E-state index contributed by atoms with van der Waals surface area (Å²) < 4.78 is 0.716. The van der Waals surface area contributed by atoms with Gasteiger partial charge < -0.3 is 0 Å². The van der Waals surface area contributed by atoms with Crippen LogP contribution in [0.15, 0.2) is 17.5 Å². The molecule has 0 atom stereocenters. The lowest BCUT2D eigenvalue weighted by atomic mass is 10.1. The van der Waals surface area contributed by atoms with Crippen molar-refractivity contribution in [1.82, 2.24) is 0 Å². The Kier molecular flexibility index (Phi) is 2.20. The van der Waals surface area contributed by atoms with Gasteiger partial charge in [-0.25, -0.2) is 0 Å². The van der Waals surface area contributed by atoms with Crippen molar-refractivity contribution in [1.29, 1.82) is 0 Å². The molecule has 0 aromatic carbocycles. The molecule has 0 N–H and O–H groups in total. The Balaban J connectivity index is 2.21. The van der Waals surface area contributed by atoms with Crippen molar-refractivity contribution in [3.8, 4) is 0 Å². The second-order valence-corrected chi connectivity index (χ2v) is 6.11. The molecule has 1 nitrogen and oxygen atoms in total. The molecule has 3 rings (SSSR count). The highest BCUT2D eigenvalue weighted by molar-refractivity contribution is 7.19. The minimum absolute atomic E-state index is 0.157. The molecule has 0 unspecified atom stereocenters. The molecule has 0 amide bonds. The van der Waals surface area contributed by atoms with Gasteiger partial charge in [-0.3, -0.25) is 4.79 Å². The van der Waals surface area contributed by atoms with Gasteiger partial charge in [0.25, 0.3) is 0 Å². The number of carbonyl (C=O) groups is 1. The summed E-state index contributed by atoms with van der Waals surface area (Å²) >= 11 is 8.88. The van der Waals surface area contributed by atoms with Crippen molar-refractivity contribution in [2.75, 3.05) is 0 Å². The minimum Gasteiger partial charge on any atom is -0.287 e. The van der Waals surface area contributed by atoms with Crippen LogP contribution in [0.4, 0.5) is 0 Å². The van der Waals surface area contributed by atoms with Crippen LogP contribution in [0, 0.1) is 0 Å². The van der Waals surface area contributed by atoms with Crippen LogP contribution in [0.5, 0.6) is 0 Å². The molecule has 0 radical (unpaired) electrons. The minimum atomic E-state index is 0.157. The van der Waals surface area contributed by atoms with Gasteiger partial charge >= 0.3 is 0 Å². The number of carbonyl (C=O) groups excluding carboxylic acids is 1. The third kappa shape index (κ3) is 1.46. The van der Waals surface area contributed by atoms with E-state index in [0.717, 1.165) is 28.2 Å². The molecule has 0 saturated carbocycles. The van der Waals surface area contributed by atoms with E-state index in [-0.39, 0.29) is 5.78 Å². The van der Waals surface area contributed by atoms with Crippen molar-refractivity contribution in [3.63, 3.8) is 0 Å². The third-order valence-corrected chi connectivity index (χ3v) is 4.86. The molecule has 0 spiro atoms. The number of ketones is 1. The average molecular weight is 255 g/mol. The van der Waals surface area contributed by atoms with Crippen LogP contribution in [-0.2, 0) is 12.8 Å². The Hall–Kier alpha value is -0.640. The molecule has 76 valence electrons. The van der Waals surface area contributed by atoms with Gasteiger partial charge in [0.2, 0.25) is 5.78 Å². The van der Waals surface area contributed by atoms with E-state index in [1.165, 1.54) is 28.2 Å². The number of aryl methyl sites for hydroxylation is 2. The molecule has 2 heterocycles. The van der Waals surface area contributed by atoms with Crippen molar-refractivity contribution in [2.45, 2.75) is 12.8 Å². The van der Waals surface area contributed by atoms with Crippen LogP contribution in [0.25, 0.3) is 0 Å². The summed E-state index contributed by atoms with van der Waals surface area (Å²) in [5, 5.41) is 1.99. The van der Waals surface area contributed by atoms with Crippen molar-refractivity contribution in [3.05, 3.63) is 42.7 Å². The molecule has 1 aliphatic carbocycles. The molecular weight excluding hydrogens is 248 g/mol. The first-order valence-corrected chi connectivity index (χ1v) is 6.72. The number of rotatable bonds is 0. The van der Waals surface area contributed by atoms with Crippen LogP contribution in [0.3, 0.4) is 0 Å². The number of hydrogen-bond acceptors (Lipinski definition) is 3. The smallest absolute Gasteiger partial charge is 0.213 e. The van der Waals surface area contributed by atoms with Gasteiger partial charge in [-0.05, 0) is 41.5 Å². The Labute approximate surface area is 100 Å². The van der Waals surface area contributed by atoms with E-state index < -0.39 is 0 Å². The van der Waals surface area contributed by atoms with Crippen LogP contribution < -0.4 is 0 Å².